The first-order chi connectivity index (χ1) is 23.3. The van der Waals surface area contributed by atoms with Crippen molar-refractivity contribution in [2.24, 2.45) is 0 Å². The van der Waals surface area contributed by atoms with Crippen LogP contribution in [0.2, 0.25) is 0 Å². The van der Waals surface area contributed by atoms with Gasteiger partial charge in [0.25, 0.3) is 0 Å². The molecular formula is C46H28O. The van der Waals surface area contributed by atoms with Crippen LogP contribution >= 0.6 is 0 Å². The van der Waals surface area contributed by atoms with Crippen molar-refractivity contribution in [1.29, 1.82) is 0 Å². The lowest BCUT2D eigenvalue weighted by Gasteiger charge is -2.20. The SMILES string of the molecule is c1ccc(-c2c3ccccc3c(-c3ccc(-c4cc5c6ccccc6oc5c5ccccc45)c4ccccc34)c3ccccc23)cc1. The average Bonchev–Trinajstić information content (AvgIpc) is 3.52. The second-order valence-corrected chi connectivity index (χ2v) is 12.4. The number of hydrogen-bond donors (Lipinski definition) is 0. The molecule has 1 nitrogen and oxygen atoms in total. The second kappa shape index (κ2) is 10.2. The average molecular weight is 597 g/mol. The van der Waals surface area contributed by atoms with E-state index in [4.69, 9.17) is 4.42 Å². The van der Waals surface area contributed by atoms with E-state index in [1.807, 2.05) is 6.07 Å². The van der Waals surface area contributed by atoms with E-state index < -0.39 is 0 Å². The van der Waals surface area contributed by atoms with E-state index in [0.29, 0.717) is 0 Å². The molecule has 0 radical (unpaired) electrons. The number of fused-ring (bicyclic) bond motifs is 8. The summed E-state index contributed by atoms with van der Waals surface area (Å²) in [5.41, 5.74) is 9.36. The van der Waals surface area contributed by atoms with E-state index in [-0.39, 0.29) is 0 Å². The maximum Gasteiger partial charge on any atom is 0.143 e. The Morgan fingerprint density at radius 3 is 1.36 bits per heavy atom. The van der Waals surface area contributed by atoms with Crippen LogP contribution in [0.3, 0.4) is 0 Å². The Labute approximate surface area is 271 Å². The van der Waals surface area contributed by atoms with E-state index in [1.165, 1.54) is 71.1 Å². The molecule has 0 saturated heterocycles. The van der Waals surface area contributed by atoms with Crippen molar-refractivity contribution in [1.82, 2.24) is 0 Å². The molecule has 1 heterocycles. The molecule has 1 heteroatoms. The standard InChI is InChI=1S/C46H28O/c1-2-14-29(15-3-1)44-35-20-7-9-22-37(35)45(38-23-10-8-21-36(38)44)39-27-26-33(30-16-4-5-17-31(30)39)41-28-42-34-19-12-13-25-43(34)47-46(42)40-24-11-6-18-32(40)41/h1-28H. The Kier molecular flexibility index (Phi) is 5.64. The summed E-state index contributed by atoms with van der Waals surface area (Å²) < 4.78 is 6.44. The molecule has 0 amide bonds. The topological polar surface area (TPSA) is 13.1 Å². The van der Waals surface area contributed by atoms with Gasteiger partial charge in [0.05, 0.1) is 0 Å². The zero-order valence-electron chi connectivity index (χ0n) is 25.6. The molecule has 0 spiro atoms. The molecule has 0 unspecified atom stereocenters. The maximum atomic E-state index is 6.44. The van der Waals surface area contributed by atoms with Crippen LogP contribution in [0.1, 0.15) is 0 Å². The Balaban J connectivity index is 1.31. The Morgan fingerprint density at radius 2 is 0.723 bits per heavy atom. The normalized spacial score (nSPS) is 11.8. The van der Waals surface area contributed by atoms with Crippen LogP contribution in [-0.2, 0) is 0 Å². The van der Waals surface area contributed by atoms with Crippen molar-refractivity contribution in [2.45, 2.75) is 0 Å². The first-order valence-electron chi connectivity index (χ1n) is 16.2. The predicted molar refractivity (Wildman–Crippen MR) is 200 cm³/mol. The summed E-state index contributed by atoms with van der Waals surface area (Å²) in [6, 6.07) is 61.5. The van der Waals surface area contributed by atoms with Gasteiger partial charge >= 0.3 is 0 Å². The van der Waals surface area contributed by atoms with Gasteiger partial charge in [0.15, 0.2) is 0 Å². The van der Waals surface area contributed by atoms with Gasteiger partial charge < -0.3 is 4.42 Å². The molecule has 0 aliphatic carbocycles. The molecule has 47 heavy (non-hydrogen) atoms. The van der Waals surface area contributed by atoms with Crippen molar-refractivity contribution in [3.63, 3.8) is 0 Å². The Hall–Kier alpha value is -6.18. The van der Waals surface area contributed by atoms with Gasteiger partial charge in [-0.05, 0) is 83.2 Å². The molecule has 9 aromatic carbocycles. The van der Waals surface area contributed by atoms with Gasteiger partial charge in [-0.15, -0.1) is 0 Å². The monoisotopic (exact) mass is 596 g/mol. The lowest BCUT2D eigenvalue weighted by atomic mass is 9.83. The summed E-state index contributed by atoms with van der Waals surface area (Å²) in [4.78, 5) is 0. The van der Waals surface area contributed by atoms with Crippen molar-refractivity contribution < 1.29 is 4.42 Å². The second-order valence-electron chi connectivity index (χ2n) is 12.4. The molecule has 0 atom stereocenters. The van der Waals surface area contributed by atoms with E-state index in [2.05, 4.69) is 164 Å². The minimum atomic E-state index is 0.919. The molecule has 0 aliphatic rings. The summed E-state index contributed by atoms with van der Waals surface area (Å²) in [6.07, 6.45) is 0. The molecule has 10 aromatic rings. The molecular weight excluding hydrogens is 569 g/mol. The third kappa shape index (κ3) is 3.84. The number of para-hydroxylation sites is 1. The number of benzene rings is 9. The molecule has 0 fully saturated rings. The molecule has 218 valence electrons. The predicted octanol–water partition coefficient (Wildman–Crippen LogP) is 13.2. The summed E-state index contributed by atoms with van der Waals surface area (Å²) in [5, 5.41) is 12.2. The smallest absolute Gasteiger partial charge is 0.143 e. The number of rotatable bonds is 3. The van der Waals surface area contributed by atoms with Crippen LogP contribution < -0.4 is 0 Å². The van der Waals surface area contributed by atoms with Gasteiger partial charge in [-0.1, -0.05) is 158 Å². The van der Waals surface area contributed by atoms with Gasteiger partial charge in [-0.3, -0.25) is 0 Å². The minimum absolute atomic E-state index is 0.919. The highest BCUT2D eigenvalue weighted by atomic mass is 16.3. The lowest BCUT2D eigenvalue weighted by Crippen LogP contribution is -1.92. The zero-order chi connectivity index (χ0) is 30.9. The highest BCUT2D eigenvalue weighted by Crippen LogP contribution is 2.47. The van der Waals surface area contributed by atoms with Crippen LogP contribution in [0.15, 0.2) is 174 Å². The van der Waals surface area contributed by atoms with Crippen LogP contribution in [0.25, 0.3) is 98.4 Å². The third-order valence-corrected chi connectivity index (χ3v) is 9.86. The van der Waals surface area contributed by atoms with Gasteiger partial charge in [0.2, 0.25) is 0 Å². The van der Waals surface area contributed by atoms with Crippen molar-refractivity contribution >= 4 is 65.0 Å². The van der Waals surface area contributed by atoms with Crippen molar-refractivity contribution in [3.05, 3.63) is 170 Å². The van der Waals surface area contributed by atoms with E-state index >= 15 is 0 Å². The van der Waals surface area contributed by atoms with Crippen molar-refractivity contribution in [2.75, 3.05) is 0 Å². The van der Waals surface area contributed by atoms with Crippen LogP contribution in [0.4, 0.5) is 0 Å². The fraction of sp³-hybridized carbons (Fsp3) is 0. The summed E-state index contributed by atoms with van der Waals surface area (Å²) in [6.45, 7) is 0. The summed E-state index contributed by atoms with van der Waals surface area (Å²) >= 11 is 0. The summed E-state index contributed by atoms with van der Waals surface area (Å²) in [7, 11) is 0. The molecule has 1 aromatic heterocycles. The first kappa shape index (κ1) is 26.1. The van der Waals surface area contributed by atoms with Gasteiger partial charge in [-0.2, -0.15) is 0 Å². The molecule has 0 bridgehead atoms. The van der Waals surface area contributed by atoms with Crippen molar-refractivity contribution in [3.8, 4) is 33.4 Å². The quantitative estimate of drug-likeness (QED) is 0.185. The highest BCUT2D eigenvalue weighted by Gasteiger charge is 2.20. The Bertz CT molecular complexity index is 2780. The fourth-order valence-electron chi connectivity index (χ4n) is 7.86. The van der Waals surface area contributed by atoms with E-state index in [1.54, 1.807) is 0 Å². The fourth-order valence-corrected chi connectivity index (χ4v) is 7.86. The van der Waals surface area contributed by atoms with E-state index in [0.717, 1.165) is 27.3 Å². The molecule has 0 aliphatic heterocycles. The molecule has 0 N–H and O–H groups in total. The number of hydrogen-bond acceptors (Lipinski definition) is 1. The number of furan rings is 1. The molecule has 10 rings (SSSR count). The van der Waals surface area contributed by atoms with Gasteiger partial charge in [0.1, 0.15) is 11.2 Å². The van der Waals surface area contributed by atoms with Crippen LogP contribution in [0, 0.1) is 0 Å². The van der Waals surface area contributed by atoms with E-state index in [9.17, 15) is 0 Å². The first-order valence-corrected chi connectivity index (χ1v) is 16.2. The van der Waals surface area contributed by atoms with Gasteiger partial charge in [0, 0.05) is 16.2 Å². The highest BCUT2D eigenvalue weighted by molar-refractivity contribution is 6.25. The minimum Gasteiger partial charge on any atom is -0.455 e. The van der Waals surface area contributed by atoms with Crippen LogP contribution in [-0.4, -0.2) is 0 Å². The van der Waals surface area contributed by atoms with Crippen LogP contribution in [0.5, 0.6) is 0 Å². The Morgan fingerprint density at radius 1 is 0.277 bits per heavy atom. The molecule has 0 saturated carbocycles. The lowest BCUT2D eigenvalue weighted by molar-refractivity contribution is 0.672. The third-order valence-electron chi connectivity index (χ3n) is 9.86. The summed E-state index contributed by atoms with van der Waals surface area (Å²) in [5.74, 6) is 0. The van der Waals surface area contributed by atoms with Gasteiger partial charge in [-0.25, -0.2) is 0 Å². The largest absolute Gasteiger partial charge is 0.455 e. The maximum absolute atomic E-state index is 6.44. The zero-order valence-corrected chi connectivity index (χ0v) is 25.6.